The van der Waals surface area contributed by atoms with E-state index in [1.807, 2.05) is 0 Å². The zero-order valence-corrected chi connectivity index (χ0v) is 14.9. The Morgan fingerprint density at radius 1 is 1.26 bits per heavy atom. The van der Waals surface area contributed by atoms with Gasteiger partial charge in [0.15, 0.2) is 0 Å². The van der Waals surface area contributed by atoms with Crippen LogP contribution in [0.5, 0.6) is 5.75 Å². The molecule has 2 aromatic rings. The maximum absolute atomic E-state index is 12.2. The van der Waals surface area contributed by atoms with Gasteiger partial charge in [-0.2, -0.15) is 0 Å². The van der Waals surface area contributed by atoms with E-state index in [1.54, 1.807) is 29.7 Å². The van der Waals surface area contributed by atoms with Crippen LogP contribution in [0.3, 0.4) is 0 Å². The van der Waals surface area contributed by atoms with E-state index in [1.165, 1.54) is 18.4 Å². The zero-order valence-electron chi connectivity index (χ0n) is 14.9. The van der Waals surface area contributed by atoms with E-state index in [0.717, 1.165) is 0 Å². The van der Waals surface area contributed by atoms with E-state index in [9.17, 15) is 9.59 Å². The number of primary amides is 1. The van der Waals surface area contributed by atoms with Gasteiger partial charge >= 0.3 is 5.97 Å². The third-order valence-electron chi connectivity index (χ3n) is 4.23. The van der Waals surface area contributed by atoms with Crippen LogP contribution < -0.4 is 27.1 Å². The maximum atomic E-state index is 12.2. The summed E-state index contributed by atoms with van der Waals surface area (Å²) in [4.78, 5) is 28.1. The smallest absolute Gasteiger partial charge is 0.356 e. The number of methoxy groups -OCH3 is 1. The monoisotopic (exact) mass is 372 g/mol. The first-order valence-electron chi connectivity index (χ1n) is 8.14. The molecule has 2 heterocycles. The van der Waals surface area contributed by atoms with Crippen molar-refractivity contribution in [3.8, 4) is 11.4 Å². The number of imidazole rings is 1. The predicted molar refractivity (Wildman–Crippen MR) is 96.9 cm³/mol. The van der Waals surface area contributed by atoms with Crippen LogP contribution in [0.15, 0.2) is 35.9 Å². The fourth-order valence-electron chi connectivity index (χ4n) is 2.92. The summed E-state index contributed by atoms with van der Waals surface area (Å²) in [5, 5.41) is 1.28. The molecular weight excluding hydrogens is 352 g/mol. The summed E-state index contributed by atoms with van der Waals surface area (Å²) in [6.45, 7) is 1.83. The third kappa shape index (κ3) is 3.06. The first kappa shape index (κ1) is 18.3. The Bertz CT molecular complexity index is 949. The number of benzene rings is 1. The van der Waals surface area contributed by atoms with Crippen LogP contribution >= 0.6 is 0 Å². The molecule has 0 spiro atoms. The molecule has 27 heavy (non-hydrogen) atoms. The number of aromatic nitrogens is 2. The number of allylic oxidation sites excluding steroid dienone is 1. The molecule has 0 unspecified atom stereocenters. The lowest BCUT2D eigenvalue weighted by Gasteiger charge is -2.23. The molecule has 0 fully saturated rings. The Labute approximate surface area is 155 Å². The third-order valence-corrected chi connectivity index (χ3v) is 4.23. The molecule has 6 N–H and O–H groups in total. The predicted octanol–water partition coefficient (Wildman–Crippen LogP) is -0.0506. The highest BCUT2D eigenvalue weighted by atomic mass is 16.5. The first-order chi connectivity index (χ1) is 12.9. The molecule has 1 amide bonds. The number of ether oxygens (including phenoxy) is 2. The van der Waals surface area contributed by atoms with E-state index in [0.29, 0.717) is 22.8 Å². The summed E-state index contributed by atoms with van der Waals surface area (Å²) < 4.78 is 11.9. The van der Waals surface area contributed by atoms with Gasteiger partial charge in [0.05, 0.1) is 36.5 Å². The molecule has 10 nitrogen and oxygen atoms in total. The van der Waals surface area contributed by atoms with Gasteiger partial charge in [0.25, 0.3) is 5.91 Å². The van der Waals surface area contributed by atoms with Crippen LogP contribution in [0.4, 0.5) is 5.69 Å². The highest BCUT2D eigenvalue weighted by Gasteiger charge is 2.29. The minimum atomic E-state index is -0.707. The van der Waals surface area contributed by atoms with Crippen molar-refractivity contribution in [3.63, 3.8) is 0 Å². The average molecular weight is 372 g/mol. The summed E-state index contributed by atoms with van der Waals surface area (Å²) >= 11 is 0. The van der Waals surface area contributed by atoms with Gasteiger partial charge in [-0.05, 0) is 19.1 Å². The van der Waals surface area contributed by atoms with Crippen molar-refractivity contribution in [1.29, 1.82) is 0 Å². The number of hydrogen-bond acceptors (Lipinski definition) is 8. The van der Waals surface area contributed by atoms with Gasteiger partial charge in [0, 0.05) is 12.5 Å². The van der Waals surface area contributed by atoms with Gasteiger partial charge in [0.2, 0.25) is 0 Å². The summed E-state index contributed by atoms with van der Waals surface area (Å²) in [5.41, 5.74) is 13.2. The van der Waals surface area contributed by atoms with Crippen molar-refractivity contribution in [2.45, 2.75) is 13.3 Å². The van der Waals surface area contributed by atoms with Crippen LogP contribution in [-0.2, 0) is 16.0 Å². The quantitative estimate of drug-likeness (QED) is 0.384. The SMILES string of the molecule is CCOC(=O)/C(N)=C1\Cc2c(C(N)=O)ncn2-c2ccc(OC)cc2N1N. The van der Waals surface area contributed by atoms with E-state index < -0.39 is 11.9 Å². The molecule has 0 saturated carbocycles. The second-order valence-electron chi connectivity index (χ2n) is 5.76. The number of amides is 1. The van der Waals surface area contributed by atoms with Crippen molar-refractivity contribution in [2.75, 3.05) is 18.7 Å². The number of rotatable bonds is 4. The largest absolute Gasteiger partial charge is 0.497 e. The molecule has 0 aliphatic carbocycles. The molecule has 3 rings (SSSR count). The Morgan fingerprint density at radius 2 is 2.00 bits per heavy atom. The van der Waals surface area contributed by atoms with E-state index in [4.69, 9.17) is 26.8 Å². The molecule has 0 bridgehead atoms. The average Bonchev–Trinajstić information content (AvgIpc) is 3.03. The molecule has 0 saturated heterocycles. The van der Waals surface area contributed by atoms with Crippen LogP contribution in [0.2, 0.25) is 0 Å². The highest BCUT2D eigenvalue weighted by Crippen LogP contribution is 2.35. The molecule has 1 aliphatic heterocycles. The van der Waals surface area contributed by atoms with Gasteiger partial charge in [-0.1, -0.05) is 0 Å². The number of nitrogens with zero attached hydrogens (tertiary/aromatic N) is 3. The molecule has 1 aromatic heterocycles. The summed E-state index contributed by atoms with van der Waals surface area (Å²) in [6.07, 6.45) is 1.52. The van der Waals surface area contributed by atoms with Crippen LogP contribution in [0.1, 0.15) is 23.1 Å². The number of hydrazine groups is 1. The molecule has 1 aromatic carbocycles. The van der Waals surface area contributed by atoms with Crippen molar-refractivity contribution < 1.29 is 19.1 Å². The van der Waals surface area contributed by atoms with Crippen molar-refractivity contribution in [1.82, 2.24) is 9.55 Å². The fraction of sp³-hybridized carbons (Fsp3) is 0.235. The maximum Gasteiger partial charge on any atom is 0.356 e. The number of esters is 1. The number of anilines is 1. The van der Waals surface area contributed by atoms with Crippen molar-refractivity contribution in [3.05, 3.63) is 47.3 Å². The van der Waals surface area contributed by atoms with Gasteiger partial charge in [-0.15, -0.1) is 0 Å². The Morgan fingerprint density at radius 3 is 2.63 bits per heavy atom. The highest BCUT2D eigenvalue weighted by molar-refractivity contribution is 5.93. The number of hydrogen-bond donors (Lipinski definition) is 3. The molecule has 0 radical (unpaired) electrons. The Hall–Kier alpha value is -3.53. The number of nitrogens with two attached hydrogens (primary N) is 3. The second-order valence-corrected chi connectivity index (χ2v) is 5.76. The van der Waals surface area contributed by atoms with Crippen LogP contribution in [0, 0.1) is 0 Å². The second kappa shape index (κ2) is 7.00. The lowest BCUT2D eigenvalue weighted by molar-refractivity contribution is -0.138. The molecule has 142 valence electrons. The van der Waals surface area contributed by atoms with E-state index >= 15 is 0 Å². The summed E-state index contributed by atoms with van der Waals surface area (Å²) in [7, 11) is 1.52. The Balaban J connectivity index is 2.28. The lowest BCUT2D eigenvalue weighted by atomic mass is 10.1. The number of carbonyl (C=O) groups is 2. The van der Waals surface area contributed by atoms with E-state index in [2.05, 4.69) is 4.98 Å². The fourth-order valence-corrected chi connectivity index (χ4v) is 2.92. The normalized spacial score (nSPS) is 14.7. The van der Waals surface area contributed by atoms with Crippen molar-refractivity contribution in [2.24, 2.45) is 17.3 Å². The Kier molecular flexibility index (Phi) is 4.74. The van der Waals surface area contributed by atoms with Crippen molar-refractivity contribution >= 4 is 17.6 Å². The summed E-state index contributed by atoms with van der Waals surface area (Å²) in [6, 6.07) is 5.18. The topological polar surface area (TPSA) is 152 Å². The summed E-state index contributed by atoms with van der Waals surface area (Å²) in [5.74, 6) is 5.45. The van der Waals surface area contributed by atoms with Gasteiger partial charge < -0.3 is 20.9 Å². The van der Waals surface area contributed by atoms with Crippen LogP contribution in [-0.4, -0.2) is 35.1 Å². The zero-order chi connectivity index (χ0) is 19.7. The first-order valence-corrected chi connectivity index (χ1v) is 8.14. The molecule has 1 aliphatic rings. The van der Waals surface area contributed by atoms with Crippen LogP contribution in [0.25, 0.3) is 5.69 Å². The minimum Gasteiger partial charge on any atom is -0.497 e. The lowest BCUT2D eigenvalue weighted by Crippen LogP contribution is -2.35. The van der Waals surface area contributed by atoms with Gasteiger partial charge in [-0.25, -0.2) is 15.6 Å². The molecule has 0 atom stereocenters. The van der Waals surface area contributed by atoms with E-state index in [-0.39, 0.29) is 30.1 Å². The van der Waals surface area contributed by atoms with Gasteiger partial charge in [-0.3, -0.25) is 14.4 Å². The molecule has 10 heteroatoms. The number of fused-ring (bicyclic) bond motifs is 3. The molecular formula is C17H20N6O4. The van der Waals surface area contributed by atoms with Gasteiger partial charge in [0.1, 0.15) is 23.5 Å². The minimum absolute atomic E-state index is 0.0520. The number of carbonyl (C=O) groups excluding carboxylic acids is 2. The standard InChI is InChI=1S/C17H20N6O4/c1-3-27-17(25)14(18)12-7-13-15(16(19)24)21-8-22(13)10-5-4-9(26-2)6-11(10)23(12)20/h4-6,8H,3,7,18,20H2,1-2H3,(H2,19,24)/b14-12-.